The Kier molecular flexibility index (Phi) is 4.98. The van der Waals surface area contributed by atoms with Gasteiger partial charge in [0.05, 0.1) is 0 Å². The molecule has 2 aromatic carbocycles. The lowest BCUT2D eigenvalue weighted by Gasteiger charge is -2.10. The molecule has 0 aliphatic heterocycles. The summed E-state index contributed by atoms with van der Waals surface area (Å²) in [6.07, 6.45) is 6.06. The van der Waals surface area contributed by atoms with Gasteiger partial charge >= 0.3 is 0 Å². The number of hydrogen-bond donors (Lipinski definition) is 0. The lowest BCUT2D eigenvalue weighted by Crippen LogP contribution is -2.04. The molecule has 0 radical (unpaired) electrons. The summed E-state index contributed by atoms with van der Waals surface area (Å²) in [5, 5.41) is 0. The predicted molar refractivity (Wildman–Crippen MR) is 114 cm³/mol. The molecule has 0 atom stereocenters. The van der Waals surface area contributed by atoms with Crippen LogP contribution in [-0.2, 0) is 12.8 Å². The molecule has 3 nitrogen and oxygen atoms in total. The molecule has 140 valence electrons. The highest BCUT2D eigenvalue weighted by atomic mass is 16.1. The molecule has 0 N–H and O–H groups in total. The van der Waals surface area contributed by atoms with Crippen LogP contribution in [0.2, 0.25) is 0 Å². The SMILES string of the molecule is CCc1cccn1-c1ccc(C(=O)c2ccc(-n3cccc3CC)cc2)cc1. The van der Waals surface area contributed by atoms with E-state index in [0.717, 1.165) is 24.2 Å². The van der Waals surface area contributed by atoms with Crippen LogP contribution in [0.1, 0.15) is 41.2 Å². The summed E-state index contributed by atoms with van der Waals surface area (Å²) in [5.41, 5.74) is 6.08. The first kappa shape index (κ1) is 18.1. The summed E-state index contributed by atoms with van der Waals surface area (Å²) in [6, 6.07) is 24.0. The third-order valence-electron chi connectivity index (χ3n) is 5.21. The molecule has 0 bridgehead atoms. The van der Waals surface area contributed by atoms with Crippen molar-refractivity contribution in [2.75, 3.05) is 0 Å². The number of aryl methyl sites for hydroxylation is 2. The lowest BCUT2D eigenvalue weighted by molar-refractivity contribution is 0.103. The summed E-state index contributed by atoms with van der Waals surface area (Å²) in [5.74, 6) is 0.0459. The van der Waals surface area contributed by atoms with Gasteiger partial charge in [0, 0.05) is 46.3 Å². The lowest BCUT2D eigenvalue weighted by atomic mass is 10.0. The van der Waals surface area contributed by atoms with E-state index in [9.17, 15) is 4.79 Å². The molecule has 2 aromatic heterocycles. The highest BCUT2D eigenvalue weighted by molar-refractivity contribution is 6.09. The summed E-state index contributed by atoms with van der Waals surface area (Å²) >= 11 is 0. The highest BCUT2D eigenvalue weighted by Gasteiger charge is 2.11. The van der Waals surface area contributed by atoms with Crippen molar-refractivity contribution in [3.05, 3.63) is 108 Å². The van der Waals surface area contributed by atoms with Crippen molar-refractivity contribution < 1.29 is 4.79 Å². The van der Waals surface area contributed by atoms with Gasteiger partial charge in [-0.05, 0) is 85.6 Å². The van der Waals surface area contributed by atoms with E-state index in [-0.39, 0.29) is 5.78 Å². The van der Waals surface area contributed by atoms with E-state index in [1.165, 1.54) is 11.4 Å². The summed E-state index contributed by atoms with van der Waals surface area (Å²) in [6.45, 7) is 4.29. The first-order valence-corrected chi connectivity index (χ1v) is 9.79. The van der Waals surface area contributed by atoms with Gasteiger partial charge in [-0.2, -0.15) is 0 Å². The van der Waals surface area contributed by atoms with Gasteiger partial charge in [-0.1, -0.05) is 13.8 Å². The molecular weight excluding hydrogens is 344 g/mol. The molecule has 0 aliphatic rings. The highest BCUT2D eigenvalue weighted by Crippen LogP contribution is 2.19. The van der Waals surface area contributed by atoms with Crippen molar-refractivity contribution in [1.82, 2.24) is 9.13 Å². The molecule has 0 saturated carbocycles. The summed E-state index contributed by atoms with van der Waals surface area (Å²) in [4.78, 5) is 12.9. The van der Waals surface area contributed by atoms with Crippen molar-refractivity contribution in [2.45, 2.75) is 26.7 Å². The summed E-state index contributed by atoms with van der Waals surface area (Å²) < 4.78 is 4.32. The molecule has 4 aromatic rings. The van der Waals surface area contributed by atoms with Crippen LogP contribution < -0.4 is 0 Å². The molecule has 0 aliphatic carbocycles. The number of rotatable bonds is 6. The van der Waals surface area contributed by atoms with E-state index in [4.69, 9.17) is 0 Å². The van der Waals surface area contributed by atoms with Crippen LogP contribution in [0.5, 0.6) is 0 Å². The Hall–Kier alpha value is -3.33. The van der Waals surface area contributed by atoms with Gasteiger partial charge in [0.1, 0.15) is 0 Å². The molecule has 28 heavy (non-hydrogen) atoms. The molecule has 0 spiro atoms. The maximum absolute atomic E-state index is 12.9. The van der Waals surface area contributed by atoms with Crippen molar-refractivity contribution in [2.24, 2.45) is 0 Å². The zero-order valence-electron chi connectivity index (χ0n) is 16.3. The molecule has 0 fully saturated rings. The van der Waals surface area contributed by atoms with E-state index in [1.54, 1.807) is 0 Å². The molecule has 2 heterocycles. The van der Waals surface area contributed by atoms with Gasteiger partial charge in [0.15, 0.2) is 5.78 Å². The Bertz CT molecular complexity index is 995. The normalized spacial score (nSPS) is 10.9. The maximum Gasteiger partial charge on any atom is 0.193 e. The van der Waals surface area contributed by atoms with Crippen molar-refractivity contribution in [1.29, 1.82) is 0 Å². The Morgan fingerprint density at radius 1 is 0.643 bits per heavy atom. The Balaban J connectivity index is 1.56. The monoisotopic (exact) mass is 368 g/mol. The fourth-order valence-corrected chi connectivity index (χ4v) is 3.63. The first-order valence-electron chi connectivity index (χ1n) is 9.79. The Labute approximate surface area is 165 Å². The number of carbonyl (C=O) groups excluding carboxylic acids is 1. The van der Waals surface area contributed by atoms with Crippen LogP contribution in [0, 0.1) is 0 Å². The number of hydrogen-bond acceptors (Lipinski definition) is 1. The zero-order valence-corrected chi connectivity index (χ0v) is 16.3. The third-order valence-corrected chi connectivity index (χ3v) is 5.21. The minimum atomic E-state index is 0.0459. The first-order chi connectivity index (χ1) is 13.7. The average molecular weight is 368 g/mol. The fourth-order valence-electron chi connectivity index (χ4n) is 3.63. The summed E-state index contributed by atoms with van der Waals surface area (Å²) in [7, 11) is 0. The van der Waals surface area contributed by atoms with Gasteiger partial charge in [-0.3, -0.25) is 4.79 Å². The van der Waals surface area contributed by atoms with E-state index in [0.29, 0.717) is 11.1 Å². The maximum atomic E-state index is 12.9. The molecular formula is C25H24N2O. The predicted octanol–water partition coefficient (Wildman–Crippen LogP) is 5.62. The van der Waals surface area contributed by atoms with E-state index >= 15 is 0 Å². The van der Waals surface area contributed by atoms with Crippen molar-refractivity contribution >= 4 is 5.78 Å². The number of carbonyl (C=O) groups is 1. The van der Waals surface area contributed by atoms with Crippen LogP contribution in [0.15, 0.2) is 85.2 Å². The molecule has 3 heteroatoms. The van der Waals surface area contributed by atoms with Gasteiger partial charge in [0.25, 0.3) is 0 Å². The smallest absolute Gasteiger partial charge is 0.193 e. The number of nitrogens with zero attached hydrogens (tertiary/aromatic N) is 2. The minimum Gasteiger partial charge on any atom is -0.321 e. The second kappa shape index (κ2) is 7.73. The van der Waals surface area contributed by atoms with E-state index in [1.807, 2.05) is 60.7 Å². The Morgan fingerprint density at radius 3 is 1.39 bits per heavy atom. The topological polar surface area (TPSA) is 26.9 Å². The molecule has 0 saturated heterocycles. The van der Waals surface area contributed by atoms with Gasteiger partial charge in [-0.25, -0.2) is 0 Å². The molecule has 4 rings (SSSR count). The van der Waals surface area contributed by atoms with Gasteiger partial charge in [-0.15, -0.1) is 0 Å². The van der Waals surface area contributed by atoms with Crippen LogP contribution in [-0.4, -0.2) is 14.9 Å². The van der Waals surface area contributed by atoms with Crippen LogP contribution in [0.25, 0.3) is 11.4 Å². The van der Waals surface area contributed by atoms with Gasteiger partial charge < -0.3 is 9.13 Å². The Morgan fingerprint density at radius 2 is 1.04 bits per heavy atom. The van der Waals surface area contributed by atoms with Crippen molar-refractivity contribution in [3.8, 4) is 11.4 Å². The number of benzene rings is 2. The second-order valence-corrected chi connectivity index (χ2v) is 6.87. The van der Waals surface area contributed by atoms with Crippen LogP contribution >= 0.6 is 0 Å². The van der Waals surface area contributed by atoms with Crippen LogP contribution in [0.3, 0.4) is 0 Å². The molecule has 0 amide bonds. The quantitative estimate of drug-likeness (QED) is 0.406. The second-order valence-electron chi connectivity index (χ2n) is 6.87. The number of ketones is 1. The van der Waals surface area contributed by atoms with Crippen LogP contribution in [0.4, 0.5) is 0 Å². The fraction of sp³-hybridized carbons (Fsp3) is 0.160. The average Bonchev–Trinajstić information content (AvgIpc) is 3.42. The third kappa shape index (κ3) is 3.31. The zero-order chi connectivity index (χ0) is 19.5. The number of aromatic nitrogens is 2. The van der Waals surface area contributed by atoms with E-state index in [2.05, 4.69) is 47.5 Å². The van der Waals surface area contributed by atoms with E-state index < -0.39 is 0 Å². The minimum absolute atomic E-state index is 0.0459. The largest absolute Gasteiger partial charge is 0.321 e. The standard InChI is InChI=1S/C25H24N2O/c1-3-21-7-5-17-26(21)23-13-9-19(10-14-23)25(28)20-11-15-24(16-12-20)27-18-6-8-22(27)4-2/h5-18H,3-4H2,1-2H3. The van der Waals surface area contributed by atoms with Gasteiger partial charge in [0.2, 0.25) is 0 Å². The van der Waals surface area contributed by atoms with Crippen molar-refractivity contribution in [3.63, 3.8) is 0 Å². The molecule has 0 unspecified atom stereocenters.